The van der Waals surface area contributed by atoms with Crippen LogP contribution >= 0.6 is 0 Å². The maximum Gasteiger partial charge on any atom is 0.256 e. The van der Waals surface area contributed by atoms with Crippen molar-refractivity contribution in [3.05, 3.63) is 45.4 Å². The topological polar surface area (TPSA) is 62.4 Å². The van der Waals surface area contributed by atoms with Gasteiger partial charge < -0.3 is 14.6 Å². The minimum Gasteiger partial charge on any atom is -0.378 e. The Balaban J connectivity index is 1.49. The molecule has 2 fully saturated rings. The number of benzene rings is 1. The van der Waals surface area contributed by atoms with Gasteiger partial charge in [-0.25, -0.2) is 0 Å². The number of likely N-dealkylation sites (tertiary alicyclic amines) is 1. The van der Waals surface area contributed by atoms with Crippen LogP contribution in [0.2, 0.25) is 0 Å². The third-order valence-corrected chi connectivity index (χ3v) is 6.22. The van der Waals surface area contributed by atoms with E-state index in [9.17, 15) is 9.59 Å². The molecule has 2 aliphatic rings. The highest BCUT2D eigenvalue weighted by Gasteiger charge is 2.26. The number of carbonyl (C=O) groups is 1. The van der Waals surface area contributed by atoms with Crippen molar-refractivity contribution in [2.24, 2.45) is 0 Å². The molecule has 2 atom stereocenters. The summed E-state index contributed by atoms with van der Waals surface area (Å²) in [4.78, 5) is 30.5. The zero-order valence-electron chi connectivity index (χ0n) is 16.9. The van der Waals surface area contributed by atoms with Crippen LogP contribution in [-0.2, 0) is 9.53 Å². The highest BCUT2D eigenvalue weighted by atomic mass is 16.5. The van der Waals surface area contributed by atoms with Crippen molar-refractivity contribution >= 4 is 16.7 Å². The normalized spacial score (nSPS) is 22.7. The Kier molecular flexibility index (Phi) is 5.54. The molecule has 2 saturated heterocycles. The molecule has 0 radical (unpaired) electrons. The van der Waals surface area contributed by atoms with Crippen molar-refractivity contribution in [1.82, 2.24) is 9.88 Å². The number of carbonyl (C=O) groups excluding carboxylic acids is 1. The van der Waals surface area contributed by atoms with Crippen LogP contribution in [0.1, 0.15) is 61.3 Å². The minimum absolute atomic E-state index is 0.0215. The van der Waals surface area contributed by atoms with E-state index in [2.05, 4.69) is 24.0 Å². The lowest BCUT2D eigenvalue weighted by molar-refractivity contribution is -0.133. The number of rotatable bonds is 4. The predicted molar refractivity (Wildman–Crippen MR) is 111 cm³/mol. The molecule has 1 amide bonds. The van der Waals surface area contributed by atoms with E-state index in [0.717, 1.165) is 72.8 Å². The van der Waals surface area contributed by atoms with Crippen LogP contribution in [-0.4, -0.2) is 41.6 Å². The number of nitrogens with zero attached hydrogens (tertiary/aromatic N) is 1. The first-order valence-electron chi connectivity index (χ1n) is 10.5. The SMILES string of the molecule is Cc1cc(C)c2c(=O)[nH]c([C@@H]3CCCN(C(=O)CC[C@H]4CCCO4)C3)cc2c1. The summed E-state index contributed by atoms with van der Waals surface area (Å²) in [6, 6.07) is 6.24. The highest BCUT2D eigenvalue weighted by molar-refractivity contribution is 5.85. The number of amides is 1. The number of fused-ring (bicyclic) bond motifs is 1. The Morgan fingerprint density at radius 2 is 2.07 bits per heavy atom. The Labute approximate surface area is 166 Å². The van der Waals surface area contributed by atoms with E-state index in [1.54, 1.807) is 0 Å². The van der Waals surface area contributed by atoms with Crippen LogP contribution in [0.3, 0.4) is 0 Å². The lowest BCUT2D eigenvalue weighted by atomic mass is 9.92. The van der Waals surface area contributed by atoms with Crippen molar-refractivity contribution in [1.29, 1.82) is 0 Å². The monoisotopic (exact) mass is 382 g/mol. The zero-order chi connectivity index (χ0) is 19.7. The molecule has 1 aromatic carbocycles. The van der Waals surface area contributed by atoms with E-state index in [1.165, 1.54) is 0 Å². The van der Waals surface area contributed by atoms with Gasteiger partial charge in [0.05, 0.1) is 6.10 Å². The first-order valence-corrected chi connectivity index (χ1v) is 10.5. The smallest absolute Gasteiger partial charge is 0.256 e. The molecule has 5 heteroatoms. The number of piperidine rings is 1. The van der Waals surface area contributed by atoms with Crippen molar-refractivity contribution in [2.45, 2.75) is 64.4 Å². The second kappa shape index (κ2) is 8.08. The first kappa shape index (κ1) is 19.2. The largest absolute Gasteiger partial charge is 0.378 e. The van der Waals surface area contributed by atoms with Gasteiger partial charge in [-0.1, -0.05) is 17.7 Å². The molecule has 2 aliphatic heterocycles. The Morgan fingerprint density at radius 3 is 2.86 bits per heavy atom. The Hall–Kier alpha value is -2.14. The summed E-state index contributed by atoms with van der Waals surface area (Å²) in [5.41, 5.74) is 3.11. The summed E-state index contributed by atoms with van der Waals surface area (Å²) in [5, 5.41) is 1.77. The number of H-pyrrole nitrogens is 1. The predicted octanol–water partition coefficient (Wildman–Crippen LogP) is 3.81. The number of aromatic nitrogens is 1. The van der Waals surface area contributed by atoms with E-state index >= 15 is 0 Å². The van der Waals surface area contributed by atoms with Crippen molar-refractivity contribution < 1.29 is 9.53 Å². The second-order valence-corrected chi connectivity index (χ2v) is 8.45. The van der Waals surface area contributed by atoms with E-state index in [1.807, 2.05) is 17.9 Å². The molecule has 0 spiro atoms. The summed E-state index contributed by atoms with van der Waals surface area (Å²) in [7, 11) is 0. The van der Waals surface area contributed by atoms with E-state index in [-0.39, 0.29) is 23.5 Å². The first-order chi connectivity index (χ1) is 13.5. The van der Waals surface area contributed by atoms with Crippen molar-refractivity contribution in [3.63, 3.8) is 0 Å². The van der Waals surface area contributed by atoms with Crippen molar-refractivity contribution in [2.75, 3.05) is 19.7 Å². The second-order valence-electron chi connectivity index (χ2n) is 8.45. The van der Waals surface area contributed by atoms with Gasteiger partial charge in [0.2, 0.25) is 5.91 Å². The van der Waals surface area contributed by atoms with Gasteiger partial charge in [-0.2, -0.15) is 0 Å². The van der Waals surface area contributed by atoms with Gasteiger partial charge in [-0.3, -0.25) is 9.59 Å². The van der Waals surface area contributed by atoms with Crippen molar-refractivity contribution in [3.8, 4) is 0 Å². The number of hydrogen-bond donors (Lipinski definition) is 1. The average molecular weight is 383 g/mol. The molecule has 0 bridgehead atoms. The number of aryl methyl sites for hydroxylation is 2. The molecular weight excluding hydrogens is 352 g/mol. The van der Waals surface area contributed by atoms with Crippen LogP contribution in [0.4, 0.5) is 0 Å². The standard InChI is InChI=1S/C23H30N2O3/c1-15-11-16(2)22-18(12-15)13-20(24-23(22)27)17-5-3-9-25(14-17)21(26)8-7-19-6-4-10-28-19/h11-13,17,19H,3-10,14H2,1-2H3,(H,24,27)/t17-,19-/m1/s1. The third kappa shape index (κ3) is 4.00. The summed E-state index contributed by atoms with van der Waals surface area (Å²) in [5.74, 6) is 0.411. The van der Waals surface area contributed by atoms with Crippen LogP contribution < -0.4 is 5.56 Å². The van der Waals surface area contributed by atoms with Gasteiger partial charge in [0.15, 0.2) is 0 Å². The lowest BCUT2D eigenvalue weighted by Crippen LogP contribution is -2.39. The maximum absolute atomic E-state index is 12.7. The molecular formula is C23H30N2O3. The number of ether oxygens (including phenoxy) is 1. The number of aromatic amines is 1. The molecule has 0 unspecified atom stereocenters. The van der Waals surface area contributed by atoms with Crippen LogP contribution in [0.15, 0.2) is 23.0 Å². The van der Waals surface area contributed by atoms with Gasteiger partial charge in [-0.05, 0) is 63.0 Å². The fourth-order valence-corrected chi connectivity index (χ4v) is 4.81. The Bertz CT molecular complexity index is 927. The molecule has 0 aliphatic carbocycles. The lowest BCUT2D eigenvalue weighted by Gasteiger charge is -2.33. The van der Waals surface area contributed by atoms with Crippen LogP contribution in [0, 0.1) is 13.8 Å². The van der Waals surface area contributed by atoms with Gasteiger partial charge in [0.1, 0.15) is 0 Å². The van der Waals surface area contributed by atoms with Gasteiger partial charge >= 0.3 is 0 Å². The van der Waals surface area contributed by atoms with Crippen LogP contribution in [0.5, 0.6) is 0 Å². The Morgan fingerprint density at radius 1 is 1.21 bits per heavy atom. The van der Waals surface area contributed by atoms with E-state index in [0.29, 0.717) is 13.0 Å². The molecule has 0 saturated carbocycles. The molecule has 5 nitrogen and oxygen atoms in total. The summed E-state index contributed by atoms with van der Waals surface area (Å²) < 4.78 is 5.64. The summed E-state index contributed by atoms with van der Waals surface area (Å²) in [6.45, 7) is 6.38. The fourth-order valence-electron chi connectivity index (χ4n) is 4.81. The molecule has 28 heavy (non-hydrogen) atoms. The quantitative estimate of drug-likeness (QED) is 0.875. The number of pyridine rings is 1. The maximum atomic E-state index is 12.7. The average Bonchev–Trinajstić information content (AvgIpc) is 3.19. The summed E-state index contributed by atoms with van der Waals surface area (Å²) >= 11 is 0. The summed E-state index contributed by atoms with van der Waals surface area (Å²) in [6.07, 6.45) is 5.81. The number of hydrogen-bond acceptors (Lipinski definition) is 3. The van der Waals surface area contributed by atoms with Gasteiger partial charge in [0.25, 0.3) is 5.56 Å². The molecule has 150 valence electrons. The van der Waals surface area contributed by atoms with Crippen LogP contribution in [0.25, 0.3) is 10.8 Å². The zero-order valence-corrected chi connectivity index (χ0v) is 16.9. The molecule has 2 aromatic rings. The molecule has 1 aromatic heterocycles. The van der Waals surface area contributed by atoms with E-state index < -0.39 is 0 Å². The minimum atomic E-state index is -0.0215. The molecule has 4 rings (SSSR count). The molecule has 3 heterocycles. The number of nitrogens with one attached hydrogen (secondary N) is 1. The van der Waals surface area contributed by atoms with E-state index in [4.69, 9.17) is 4.74 Å². The highest BCUT2D eigenvalue weighted by Crippen LogP contribution is 2.28. The third-order valence-electron chi connectivity index (χ3n) is 6.22. The van der Waals surface area contributed by atoms with Gasteiger partial charge in [-0.15, -0.1) is 0 Å². The van der Waals surface area contributed by atoms with Gasteiger partial charge in [0, 0.05) is 43.1 Å². The fraction of sp³-hybridized carbons (Fsp3) is 0.565. The molecule has 1 N–H and O–H groups in total.